The highest BCUT2D eigenvalue weighted by molar-refractivity contribution is 5.74. The molecule has 9 unspecified atom stereocenters. The average molecular weight is 1890 g/mol. The van der Waals surface area contributed by atoms with Gasteiger partial charge in [-0.3, -0.25) is 9.59 Å². The van der Waals surface area contributed by atoms with Gasteiger partial charge in [0, 0.05) is 29.1 Å². The van der Waals surface area contributed by atoms with Gasteiger partial charge in [-0.25, -0.2) is 9.59 Å². The lowest BCUT2D eigenvalue weighted by atomic mass is 9.67. The Bertz CT molecular complexity index is 3140. The van der Waals surface area contributed by atoms with E-state index in [0.717, 1.165) is 116 Å². The maximum absolute atomic E-state index is 14.0. The van der Waals surface area contributed by atoms with Crippen LogP contribution in [0, 0.1) is 94.2 Å². The standard InChI is InChI=1S/C22H28F12O6.C15H24O2.C12H12F12O2.C11H14F6O.C10H14O2.3C4H10/c1-15(2,3)37-13(35)39-17(19(23,24)25,20(26,27)28)11-7-9-12(10-8-11)18(21(29,30)31,22(32,33)34)40-14(36)38-16(4,5)6;1-2-15(7-3-4-8-15)17-14(16)13-10-11-5-6-12(13)9-11;13-9(14,15)7(25,10(16,17)18)5-1-2-6(4-3-5)8(26,11(19,20)21)12(22,23)24;12-10(13,14)9(18,11(15,16)17)5-8-4-6-1-2-7(8)3-6;11-9-5-10(6-12-9)4-7-1-2-8(10)3-7;3*1-4(2)3/h11-12H,7-10H2,1-6H3;11-13H,2-10H2,1H3;5-6,25-26H,1-4H2;6-8,18H,1-5H2;7-8H,1-6H2;3*4H,1-3H3. The minimum absolute atomic E-state index is 0.0440. The summed E-state index contributed by atoms with van der Waals surface area (Å²) in [5, 5.41) is 27.4. The molecule has 6 bridgehead atoms. The Balaban J connectivity index is 0.000000408. The molecule has 0 aromatic rings. The molecule has 10 rings (SSSR count). The number of alkyl halides is 30. The fourth-order valence-electron chi connectivity index (χ4n) is 18.9. The molecule has 10 fully saturated rings. The summed E-state index contributed by atoms with van der Waals surface area (Å²) in [6.45, 7) is 28.9. The van der Waals surface area contributed by atoms with E-state index < -0.39 is 201 Å². The Morgan fingerprint density at radius 2 is 0.720 bits per heavy atom. The normalized spacial score (nSPS) is 27.4. The van der Waals surface area contributed by atoms with Crippen LogP contribution in [0.2, 0.25) is 0 Å². The van der Waals surface area contributed by atoms with Crippen molar-refractivity contribution >= 4 is 24.2 Å². The Hall–Kier alpha value is -4.74. The van der Waals surface area contributed by atoms with Gasteiger partial charge in [-0.2, -0.15) is 132 Å². The Kier molecular flexibility index (Phi) is 38.1. The SMILES string of the molecule is CC(C)(C)OC(=O)OC(C1CCC(C(OC(=O)OC(C)(C)C)(C(F)(F)F)C(F)(F)F)CC1)(C(F)(F)F)C(F)(F)F.CC(C)C.CC(C)C.CC(C)C.CCC1(OC(=O)C2CC3CCC2C3)CCCC1.O=C1CC2(CO1)CC1CCC2C1.OC(C1CCC(C(O)(C(F)(F)F)C(F)(F)F)CC1)(C(F)(F)F)C(F)(F)F.OC(CC1CC2CCC1C2)(C(F)(F)F)C(F)(F)F. The average Bonchev–Trinajstić information content (AvgIpc) is 1.62. The molecule has 9 aliphatic carbocycles. The van der Waals surface area contributed by atoms with Gasteiger partial charge in [0.15, 0.2) is 0 Å². The smallest absolute Gasteiger partial charge is 0.465 e. The predicted molar refractivity (Wildman–Crippen MR) is 391 cm³/mol. The molecule has 0 aromatic carbocycles. The maximum atomic E-state index is 14.0. The molecule has 3 N–H and O–H groups in total. The molecule has 1 spiro atoms. The summed E-state index contributed by atoms with van der Waals surface area (Å²) in [4.78, 5) is 47.2. The number of fused-ring (bicyclic) bond motifs is 7. The number of aliphatic hydroxyl groups is 3. The second kappa shape index (κ2) is 41.6. The van der Waals surface area contributed by atoms with Crippen LogP contribution in [0.4, 0.5) is 141 Å². The van der Waals surface area contributed by atoms with Crippen molar-refractivity contribution in [1.82, 2.24) is 0 Å². The van der Waals surface area contributed by atoms with Crippen LogP contribution in [0.3, 0.4) is 0 Å². The third-order valence-electron chi connectivity index (χ3n) is 24.5. The molecule has 0 radical (unpaired) electrons. The summed E-state index contributed by atoms with van der Waals surface area (Å²) >= 11 is 0. The summed E-state index contributed by atoms with van der Waals surface area (Å²) in [7, 11) is 0. The maximum Gasteiger partial charge on any atom is 0.510 e. The van der Waals surface area contributed by atoms with Crippen LogP contribution in [0.5, 0.6) is 0 Å². The van der Waals surface area contributed by atoms with Crippen molar-refractivity contribution in [3.8, 4) is 0 Å². The fraction of sp³-hybridized carbons (Fsp3) is 0.951. The summed E-state index contributed by atoms with van der Waals surface area (Å²) in [6.07, 6.45) is -60.8. The molecule has 1 aliphatic heterocycles. The predicted octanol–water partition coefficient (Wildman–Crippen LogP) is 27.0. The highest BCUT2D eigenvalue weighted by Gasteiger charge is 2.82. The van der Waals surface area contributed by atoms with E-state index in [1.165, 1.54) is 57.8 Å². The van der Waals surface area contributed by atoms with Crippen molar-refractivity contribution in [2.24, 2.45) is 94.2 Å². The van der Waals surface area contributed by atoms with Crippen LogP contribution in [0.15, 0.2) is 0 Å². The van der Waals surface area contributed by atoms with E-state index in [0.29, 0.717) is 37.0 Å². The molecular weight excluding hydrogens is 1760 g/mol. The number of esters is 2. The molecular formula is C82H122F30O13. The topological polar surface area (TPSA) is 184 Å². The zero-order valence-electron chi connectivity index (χ0n) is 72.7. The highest BCUT2D eigenvalue weighted by atomic mass is 19.5. The molecule has 0 amide bonds. The minimum Gasteiger partial charge on any atom is -0.465 e. The number of hydrogen-bond acceptors (Lipinski definition) is 13. The van der Waals surface area contributed by atoms with Crippen molar-refractivity contribution in [2.75, 3.05) is 6.61 Å². The van der Waals surface area contributed by atoms with Crippen LogP contribution >= 0.6 is 0 Å². The molecule has 9 atom stereocenters. The first-order chi connectivity index (χ1) is 55.9. The summed E-state index contributed by atoms with van der Waals surface area (Å²) in [5.74, 6) is -5.53. The number of carbonyl (C=O) groups excluding carboxylic acids is 4. The zero-order chi connectivity index (χ0) is 97.5. The Morgan fingerprint density at radius 1 is 0.400 bits per heavy atom. The van der Waals surface area contributed by atoms with Gasteiger partial charge in [0.05, 0.1) is 18.9 Å². The third kappa shape index (κ3) is 28.4. The number of hydrogen-bond donors (Lipinski definition) is 3. The van der Waals surface area contributed by atoms with Gasteiger partial charge in [-0.05, 0) is 248 Å². The van der Waals surface area contributed by atoms with Gasteiger partial charge in [-0.15, -0.1) is 0 Å². The van der Waals surface area contributed by atoms with E-state index in [1.54, 1.807) is 0 Å². The van der Waals surface area contributed by atoms with Crippen LogP contribution in [-0.4, -0.2) is 153 Å². The lowest BCUT2D eigenvalue weighted by Gasteiger charge is -2.48. The summed E-state index contributed by atoms with van der Waals surface area (Å²) in [6, 6.07) is 0. The van der Waals surface area contributed by atoms with E-state index in [4.69, 9.17) is 24.8 Å². The van der Waals surface area contributed by atoms with E-state index in [2.05, 4.69) is 88.2 Å². The van der Waals surface area contributed by atoms with Crippen molar-refractivity contribution in [2.45, 2.75) is 391 Å². The van der Waals surface area contributed by atoms with Crippen molar-refractivity contribution in [3.63, 3.8) is 0 Å². The number of cyclic esters (lactones) is 1. The monoisotopic (exact) mass is 1880 g/mol. The molecule has 10 aliphatic rings. The quantitative estimate of drug-likeness (QED) is 0.101. The molecule has 13 nitrogen and oxygen atoms in total. The number of ether oxygens (including phenoxy) is 6. The molecule has 1 saturated heterocycles. The lowest BCUT2D eigenvalue weighted by molar-refractivity contribution is -0.399. The first-order valence-electron chi connectivity index (χ1n) is 41.9. The molecule has 738 valence electrons. The van der Waals surface area contributed by atoms with Crippen LogP contribution in [0.25, 0.3) is 0 Å². The Labute approximate surface area is 708 Å². The van der Waals surface area contributed by atoms with Crippen LogP contribution < -0.4 is 0 Å². The van der Waals surface area contributed by atoms with E-state index >= 15 is 0 Å². The Morgan fingerprint density at radius 3 is 0.952 bits per heavy atom. The fourth-order valence-corrected chi connectivity index (χ4v) is 18.9. The highest BCUT2D eigenvalue weighted by Crippen LogP contribution is 2.64. The van der Waals surface area contributed by atoms with Crippen molar-refractivity contribution < 1.29 is 195 Å². The number of rotatable bonds is 11. The molecule has 0 aromatic heterocycles. The van der Waals surface area contributed by atoms with Gasteiger partial charge in [0.1, 0.15) is 16.8 Å². The first kappa shape index (κ1) is 114. The number of halogens is 30. The number of carbonyl (C=O) groups is 4. The lowest BCUT2D eigenvalue weighted by Crippen LogP contribution is -2.67. The van der Waals surface area contributed by atoms with Gasteiger partial charge in [0.2, 0.25) is 0 Å². The first-order valence-corrected chi connectivity index (χ1v) is 41.9. The molecule has 9 saturated carbocycles. The minimum atomic E-state index is -6.42. The second-order valence-corrected chi connectivity index (χ2v) is 39.1. The van der Waals surface area contributed by atoms with Crippen LogP contribution in [0.1, 0.15) is 284 Å². The van der Waals surface area contributed by atoms with Gasteiger partial charge in [0.25, 0.3) is 16.8 Å². The second-order valence-electron chi connectivity index (χ2n) is 39.1. The van der Waals surface area contributed by atoms with Crippen molar-refractivity contribution in [3.05, 3.63) is 0 Å². The molecule has 125 heavy (non-hydrogen) atoms. The van der Waals surface area contributed by atoms with Gasteiger partial charge in [-0.1, -0.05) is 88.5 Å². The molecule has 43 heteroatoms. The van der Waals surface area contributed by atoms with Crippen LogP contribution in [-0.2, 0) is 38.0 Å². The third-order valence-corrected chi connectivity index (χ3v) is 24.5. The van der Waals surface area contributed by atoms with E-state index in [9.17, 15) is 151 Å². The summed E-state index contributed by atoms with van der Waals surface area (Å²) in [5.41, 5.74) is -28.8. The van der Waals surface area contributed by atoms with E-state index in [-0.39, 0.29) is 35.3 Å². The van der Waals surface area contributed by atoms with Gasteiger partial charge >= 0.3 is 97.2 Å². The van der Waals surface area contributed by atoms with Gasteiger partial charge < -0.3 is 43.7 Å². The molecule has 1 heterocycles. The van der Waals surface area contributed by atoms with E-state index in [1.807, 2.05) is 0 Å². The largest absolute Gasteiger partial charge is 0.510 e. The van der Waals surface area contributed by atoms with Crippen molar-refractivity contribution in [1.29, 1.82) is 0 Å². The summed E-state index contributed by atoms with van der Waals surface area (Å²) < 4.78 is 423. The zero-order valence-corrected chi connectivity index (χ0v) is 72.7.